The molecule has 4 heterocycles. The largest absolute Gasteiger partial charge is 0.409 e. The standard InChI is InChI=1S/C23H20Cl2F3N3O2S/c1-12(2)20(32)31-10-21(11-31)16-4-3-13(5-14(16)9-33-21)17-8-22(34-30-17,23(26,27)28)15-6-18(24)29-19(25)7-15/h3-7,12H,8-11H2,1-2H3. The van der Waals surface area contributed by atoms with Crippen LogP contribution >= 0.6 is 35.1 Å². The van der Waals surface area contributed by atoms with Gasteiger partial charge in [0.2, 0.25) is 5.91 Å². The molecule has 11 heteroatoms. The second-order valence-corrected chi connectivity index (χ2v) is 11.0. The zero-order valence-corrected chi connectivity index (χ0v) is 20.6. The Morgan fingerprint density at radius 1 is 1.18 bits per heavy atom. The molecule has 3 aliphatic heterocycles. The Morgan fingerprint density at radius 3 is 2.47 bits per heavy atom. The van der Waals surface area contributed by atoms with Gasteiger partial charge in [-0.2, -0.15) is 13.2 Å². The Morgan fingerprint density at radius 2 is 1.85 bits per heavy atom. The van der Waals surface area contributed by atoms with E-state index in [-0.39, 0.29) is 34.1 Å². The van der Waals surface area contributed by atoms with E-state index in [4.69, 9.17) is 27.9 Å². The highest BCUT2D eigenvalue weighted by Crippen LogP contribution is 2.57. The number of fused-ring (bicyclic) bond motifs is 2. The molecule has 1 atom stereocenters. The summed E-state index contributed by atoms with van der Waals surface area (Å²) in [7, 11) is 0. The highest BCUT2D eigenvalue weighted by Gasteiger charge is 2.60. The van der Waals surface area contributed by atoms with Crippen LogP contribution in [-0.2, 0) is 26.5 Å². The molecule has 0 N–H and O–H groups in total. The van der Waals surface area contributed by atoms with E-state index >= 15 is 0 Å². The highest BCUT2D eigenvalue weighted by molar-refractivity contribution is 7.99. The second kappa shape index (κ2) is 8.11. The van der Waals surface area contributed by atoms with Crippen molar-refractivity contribution in [3.05, 3.63) is 62.9 Å². The summed E-state index contributed by atoms with van der Waals surface area (Å²) in [5.74, 6) is -0.00558. The molecule has 1 amide bonds. The molecular formula is C23H20Cl2F3N3O2S. The quantitative estimate of drug-likeness (QED) is 0.366. The van der Waals surface area contributed by atoms with Crippen molar-refractivity contribution in [1.82, 2.24) is 9.88 Å². The molecule has 0 aliphatic carbocycles. The number of pyridine rings is 1. The van der Waals surface area contributed by atoms with Crippen LogP contribution in [0.1, 0.15) is 42.5 Å². The van der Waals surface area contributed by atoms with Crippen LogP contribution in [0.2, 0.25) is 10.3 Å². The van der Waals surface area contributed by atoms with E-state index in [1.807, 2.05) is 26.0 Å². The first kappa shape index (κ1) is 23.9. The van der Waals surface area contributed by atoms with E-state index in [1.54, 1.807) is 11.0 Å². The van der Waals surface area contributed by atoms with Crippen LogP contribution in [0.4, 0.5) is 13.2 Å². The summed E-state index contributed by atoms with van der Waals surface area (Å²) in [5.41, 5.74) is 2.21. The lowest BCUT2D eigenvalue weighted by Gasteiger charge is -2.48. The normalized spacial score (nSPS) is 23.3. The van der Waals surface area contributed by atoms with E-state index in [9.17, 15) is 18.0 Å². The third-order valence-corrected chi connectivity index (χ3v) is 8.17. The van der Waals surface area contributed by atoms with Crippen LogP contribution in [0.5, 0.6) is 0 Å². The van der Waals surface area contributed by atoms with Gasteiger partial charge in [0.25, 0.3) is 0 Å². The number of nitrogens with zero attached hydrogens (tertiary/aromatic N) is 3. The lowest BCUT2D eigenvalue weighted by molar-refractivity contribution is -0.171. The van der Waals surface area contributed by atoms with E-state index in [0.717, 1.165) is 11.1 Å². The Kier molecular flexibility index (Phi) is 5.71. The molecule has 1 aromatic heterocycles. The topological polar surface area (TPSA) is 54.8 Å². The third kappa shape index (κ3) is 3.72. The van der Waals surface area contributed by atoms with E-state index in [1.165, 1.54) is 12.1 Å². The highest BCUT2D eigenvalue weighted by atomic mass is 35.5. The van der Waals surface area contributed by atoms with Crippen molar-refractivity contribution in [2.75, 3.05) is 13.1 Å². The van der Waals surface area contributed by atoms with E-state index in [0.29, 0.717) is 42.9 Å². The Hall–Kier alpha value is -1.81. The zero-order chi connectivity index (χ0) is 24.5. The molecule has 5 rings (SSSR count). The molecule has 0 saturated carbocycles. The molecule has 1 unspecified atom stereocenters. The number of hydrogen-bond donors (Lipinski definition) is 0. The third-order valence-electron chi connectivity index (χ3n) is 6.55. The van der Waals surface area contributed by atoms with Gasteiger partial charge in [-0.3, -0.25) is 4.79 Å². The van der Waals surface area contributed by atoms with Gasteiger partial charge in [0, 0.05) is 12.3 Å². The number of carbonyl (C=O) groups is 1. The summed E-state index contributed by atoms with van der Waals surface area (Å²) >= 11 is 12.3. The fourth-order valence-corrected chi connectivity index (χ4v) is 6.16. The molecule has 1 fully saturated rings. The molecule has 5 nitrogen and oxygen atoms in total. The van der Waals surface area contributed by atoms with Crippen molar-refractivity contribution >= 4 is 46.8 Å². The van der Waals surface area contributed by atoms with E-state index in [2.05, 4.69) is 9.38 Å². The average molecular weight is 530 g/mol. The SMILES string of the molecule is CC(C)C(=O)N1CC2(C1)OCc1cc(C3=NSC(c4cc(Cl)nc(Cl)c4)(C(F)(F)F)C3)ccc12. The summed E-state index contributed by atoms with van der Waals surface area (Å²) < 4.78 is 51.0. The number of aromatic nitrogens is 1. The predicted octanol–water partition coefficient (Wildman–Crippen LogP) is 5.91. The molecular weight excluding hydrogens is 510 g/mol. The summed E-state index contributed by atoms with van der Waals surface area (Å²) in [4.78, 5) is 17.8. The first-order valence-electron chi connectivity index (χ1n) is 10.7. The number of alkyl halides is 3. The molecule has 180 valence electrons. The minimum Gasteiger partial charge on any atom is -0.362 e. The number of benzene rings is 1. The molecule has 0 radical (unpaired) electrons. The van der Waals surface area contributed by atoms with Gasteiger partial charge in [0.15, 0.2) is 4.75 Å². The van der Waals surface area contributed by atoms with Gasteiger partial charge in [-0.1, -0.05) is 49.2 Å². The van der Waals surface area contributed by atoms with Gasteiger partial charge in [0.05, 0.1) is 25.4 Å². The van der Waals surface area contributed by atoms with Gasteiger partial charge in [-0.05, 0) is 52.4 Å². The minimum atomic E-state index is -4.60. The molecule has 0 bridgehead atoms. The Balaban J connectivity index is 1.41. The molecule has 1 aromatic carbocycles. The van der Waals surface area contributed by atoms with Crippen LogP contribution in [0.15, 0.2) is 34.7 Å². The minimum absolute atomic E-state index is 0.0800. The summed E-state index contributed by atoms with van der Waals surface area (Å²) in [6.45, 7) is 5.02. The Bertz CT molecular complexity index is 1190. The van der Waals surface area contributed by atoms with Gasteiger partial charge >= 0.3 is 6.18 Å². The van der Waals surface area contributed by atoms with Crippen molar-refractivity contribution in [2.24, 2.45) is 10.3 Å². The van der Waals surface area contributed by atoms with Crippen molar-refractivity contribution in [2.45, 2.75) is 43.4 Å². The molecule has 2 aromatic rings. The van der Waals surface area contributed by atoms with E-state index < -0.39 is 16.5 Å². The molecule has 34 heavy (non-hydrogen) atoms. The smallest absolute Gasteiger partial charge is 0.362 e. The summed E-state index contributed by atoms with van der Waals surface area (Å²) in [6, 6.07) is 7.88. The maximum Gasteiger partial charge on any atom is 0.409 e. The zero-order valence-electron chi connectivity index (χ0n) is 18.2. The van der Waals surface area contributed by atoms with Gasteiger partial charge in [0.1, 0.15) is 15.9 Å². The number of carbonyl (C=O) groups excluding carboxylic acids is 1. The lowest BCUT2D eigenvalue weighted by atomic mass is 9.83. The van der Waals surface area contributed by atoms with Crippen molar-refractivity contribution in [3.8, 4) is 0 Å². The summed E-state index contributed by atoms with van der Waals surface area (Å²) in [5, 5.41) is -0.212. The molecule has 3 aliphatic rings. The molecule has 1 spiro atoms. The number of hydrogen-bond acceptors (Lipinski definition) is 5. The predicted molar refractivity (Wildman–Crippen MR) is 125 cm³/mol. The van der Waals surface area contributed by atoms with Crippen LogP contribution in [-0.4, -0.2) is 40.8 Å². The van der Waals surface area contributed by atoms with Gasteiger partial charge < -0.3 is 9.64 Å². The van der Waals surface area contributed by atoms with Crippen molar-refractivity contribution < 1.29 is 22.7 Å². The Labute approximate surface area is 208 Å². The maximum absolute atomic E-state index is 14.3. The number of amides is 1. The van der Waals surface area contributed by atoms with Crippen LogP contribution < -0.4 is 0 Å². The number of likely N-dealkylation sites (tertiary alicyclic amines) is 1. The van der Waals surface area contributed by atoms with Crippen LogP contribution in [0, 0.1) is 5.92 Å². The molecule has 1 saturated heterocycles. The van der Waals surface area contributed by atoms with Gasteiger partial charge in [-0.25, -0.2) is 9.38 Å². The average Bonchev–Trinajstić information content (AvgIpc) is 3.34. The number of ether oxygens (including phenoxy) is 1. The lowest BCUT2D eigenvalue weighted by Crippen LogP contribution is -2.61. The number of halogens is 5. The fraction of sp³-hybridized carbons (Fsp3) is 0.435. The monoisotopic (exact) mass is 529 g/mol. The maximum atomic E-state index is 14.3. The fourth-order valence-electron chi connectivity index (χ4n) is 4.74. The van der Waals surface area contributed by atoms with Crippen LogP contribution in [0.3, 0.4) is 0 Å². The second-order valence-electron chi connectivity index (χ2n) is 9.14. The van der Waals surface area contributed by atoms with Crippen molar-refractivity contribution in [3.63, 3.8) is 0 Å². The van der Waals surface area contributed by atoms with Gasteiger partial charge in [-0.15, -0.1) is 0 Å². The van der Waals surface area contributed by atoms with Crippen molar-refractivity contribution in [1.29, 1.82) is 0 Å². The summed E-state index contributed by atoms with van der Waals surface area (Å²) in [6.07, 6.45) is -4.96. The first-order chi connectivity index (χ1) is 15.9. The van der Waals surface area contributed by atoms with Crippen LogP contribution in [0.25, 0.3) is 0 Å². The first-order valence-corrected chi connectivity index (χ1v) is 12.2. The number of rotatable bonds is 3.